The number of rotatable bonds is 5. The number of nitrogens with one attached hydrogen (secondary N) is 1. The highest BCUT2D eigenvalue weighted by atomic mass is 16.3. The fourth-order valence-corrected chi connectivity index (χ4v) is 1.87. The average molecular weight is 250 g/mol. The summed E-state index contributed by atoms with van der Waals surface area (Å²) in [5.41, 5.74) is 6.82. The number of aryl methyl sites for hydroxylation is 1. The van der Waals surface area contributed by atoms with E-state index in [1.807, 2.05) is 19.9 Å². The topological polar surface area (TPSA) is 75.3 Å². The van der Waals surface area contributed by atoms with Crippen LogP contribution in [0.5, 0.6) is 0 Å². The Bertz CT molecular complexity index is 428. The molecule has 1 unspecified atom stereocenters. The van der Waals surface area contributed by atoms with E-state index in [0.717, 1.165) is 12.0 Å². The minimum atomic E-state index is -0.872. The number of carbonyl (C=O) groups is 1. The summed E-state index contributed by atoms with van der Waals surface area (Å²) in [6.45, 7) is 5.80. The van der Waals surface area contributed by atoms with Crippen LogP contribution < -0.4 is 11.1 Å². The van der Waals surface area contributed by atoms with Crippen LogP contribution in [0.3, 0.4) is 0 Å². The van der Waals surface area contributed by atoms with E-state index in [4.69, 9.17) is 5.73 Å². The van der Waals surface area contributed by atoms with Crippen molar-refractivity contribution in [2.24, 2.45) is 0 Å². The molecule has 0 heterocycles. The molecular weight excluding hydrogens is 228 g/mol. The Morgan fingerprint density at radius 1 is 1.50 bits per heavy atom. The zero-order valence-electron chi connectivity index (χ0n) is 11.3. The maximum absolute atomic E-state index is 12.0. The normalized spacial score (nSPS) is 14.0. The molecule has 4 nitrogen and oxygen atoms in total. The van der Waals surface area contributed by atoms with Gasteiger partial charge in [0.2, 0.25) is 0 Å². The standard InChI is InChI=1S/C14H22N2O2/c1-4-8-14(3,18)9-16-13(17)11-7-5-6-10(2)12(11)15/h5-7,18H,4,8-9,15H2,1-3H3,(H,16,17). The molecule has 1 rings (SSSR count). The molecule has 4 heteroatoms. The molecule has 100 valence electrons. The molecule has 0 spiro atoms. The molecule has 0 fully saturated rings. The molecular formula is C14H22N2O2. The van der Waals surface area contributed by atoms with E-state index in [1.165, 1.54) is 0 Å². The minimum absolute atomic E-state index is 0.229. The van der Waals surface area contributed by atoms with Gasteiger partial charge in [-0.25, -0.2) is 0 Å². The summed E-state index contributed by atoms with van der Waals surface area (Å²) in [6.07, 6.45) is 1.52. The fourth-order valence-electron chi connectivity index (χ4n) is 1.87. The molecule has 0 saturated heterocycles. The summed E-state index contributed by atoms with van der Waals surface area (Å²) in [7, 11) is 0. The molecule has 0 aromatic heterocycles. The van der Waals surface area contributed by atoms with Crippen LogP contribution in [0.25, 0.3) is 0 Å². The van der Waals surface area contributed by atoms with Crippen molar-refractivity contribution in [3.63, 3.8) is 0 Å². The van der Waals surface area contributed by atoms with E-state index in [0.29, 0.717) is 17.7 Å². The fraction of sp³-hybridized carbons (Fsp3) is 0.500. The minimum Gasteiger partial charge on any atom is -0.398 e. The van der Waals surface area contributed by atoms with Crippen LogP contribution in [-0.2, 0) is 0 Å². The quantitative estimate of drug-likeness (QED) is 0.698. The van der Waals surface area contributed by atoms with Gasteiger partial charge in [-0.2, -0.15) is 0 Å². The van der Waals surface area contributed by atoms with Crippen molar-refractivity contribution in [3.8, 4) is 0 Å². The summed E-state index contributed by atoms with van der Waals surface area (Å²) >= 11 is 0. The highest BCUT2D eigenvalue weighted by molar-refractivity contribution is 5.99. The largest absolute Gasteiger partial charge is 0.398 e. The third kappa shape index (κ3) is 3.74. The predicted octanol–water partition coefficient (Wildman–Crippen LogP) is 1.86. The Balaban J connectivity index is 2.69. The molecule has 0 radical (unpaired) electrons. The third-order valence-electron chi connectivity index (χ3n) is 2.99. The second kappa shape index (κ2) is 5.87. The van der Waals surface area contributed by atoms with Crippen molar-refractivity contribution in [2.45, 2.75) is 39.2 Å². The molecule has 1 atom stereocenters. The average Bonchev–Trinajstić information content (AvgIpc) is 2.30. The van der Waals surface area contributed by atoms with Gasteiger partial charge in [0.25, 0.3) is 5.91 Å². The van der Waals surface area contributed by atoms with Gasteiger partial charge in [0.1, 0.15) is 0 Å². The van der Waals surface area contributed by atoms with Crippen molar-refractivity contribution >= 4 is 11.6 Å². The first-order valence-corrected chi connectivity index (χ1v) is 6.23. The number of hydrogen-bond acceptors (Lipinski definition) is 3. The Morgan fingerprint density at radius 2 is 2.17 bits per heavy atom. The lowest BCUT2D eigenvalue weighted by Gasteiger charge is -2.23. The maximum Gasteiger partial charge on any atom is 0.253 e. The van der Waals surface area contributed by atoms with Gasteiger partial charge in [-0.15, -0.1) is 0 Å². The summed E-state index contributed by atoms with van der Waals surface area (Å²) in [4.78, 5) is 12.0. The van der Waals surface area contributed by atoms with E-state index in [1.54, 1.807) is 19.1 Å². The molecule has 0 bridgehead atoms. The van der Waals surface area contributed by atoms with E-state index >= 15 is 0 Å². The third-order valence-corrected chi connectivity index (χ3v) is 2.99. The van der Waals surface area contributed by atoms with Crippen LogP contribution in [0, 0.1) is 6.92 Å². The van der Waals surface area contributed by atoms with Gasteiger partial charge >= 0.3 is 0 Å². The van der Waals surface area contributed by atoms with E-state index in [2.05, 4.69) is 5.32 Å². The predicted molar refractivity (Wildman–Crippen MR) is 73.5 cm³/mol. The highest BCUT2D eigenvalue weighted by Gasteiger charge is 2.21. The number of nitrogen functional groups attached to an aromatic ring is 1. The number of anilines is 1. The number of carbonyl (C=O) groups excluding carboxylic acids is 1. The van der Waals surface area contributed by atoms with Crippen LogP contribution in [-0.4, -0.2) is 23.2 Å². The second-order valence-electron chi connectivity index (χ2n) is 4.97. The molecule has 18 heavy (non-hydrogen) atoms. The van der Waals surface area contributed by atoms with Gasteiger partial charge in [0, 0.05) is 12.2 Å². The molecule has 1 aromatic carbocycles. The second-order valence-corrected chi connectivity index (χ2v) is 4.97. The lowest BCUT2D eigenvalue weighted by molar-refractivity contribution is 0.0470. The zero-order chi connectivity index (χ0) is 13.8. The molecule has 0 aliphatic heterocycles. The van der Waals surface area contributed by atoms with Crippen molar-refractivity contribution in [3.05, 3.63) is 29.3 Å². The number of hydrogen-bond donors (Lipinski definition) is 3. The smallest absolute Gasteiger partial charge is 0.253 e. The van der Waals surface area contributed by atoms with Crippen molar-refractivity contribution in [2.75, 3.05) is 12.3 Å². The first-order valence-electron chi connectivity index (χ1n) is 6.23. The monoisotopic (exact) mass is 250 g/mol. The Hall–Kier alpha value is -1.55. The summed E-state index contributed by atoms with van der Waals surface area (Å²) in [5.74, 6) is -0.243. The Labute approximate surface area is 108 Å². The van der Waals surface area contributed by atoms with Crippen molar-refractivity contribution in [1.29, 1.82) is 0 Å². The SMILES string of the molecule is CCCC(C)(O)CNC(=O)c1cccc(C)c1N. The van der Waals surface area contributed by atoms with Gasteiger partial charge in [0.15, 0.2) is 0 Å². The lowest BCUT2D eigenvalue weighted by Crippen LogP contribution is -2.40. The first-order chi connectivity index (χ1) is 8.37. The van der Waals surface area contributed by atoms with E-state index < -0.39 is 5.60 Å². The molecule has 0 aliphatic rings. The number of para-hydroxylation sites is 1. The Morgan fingerprint density at radius 3 is 2.78 bits per heavy atom. The molecule has 0 saturated carbocycles. The number of nitrogens with two attached hydrogens (primary N) is 1. The summed E-state index contributed by atoms with van der Waals surface area (Å²) < 4.78 is 0. The lowest BCUT2D eigenvalue weighted by atomic mass is 10.0. The van der Waals surface area contributed by atoms with Crippen LogP contribution in [0.4, 0.5) is 5.69 Å². The van der Waals surface area contributed by atoms with E-state index in [-0.39, 0.29) is 12.5 Å². The van der Waals surface area contributed by atoms with Gasteiger partial charge < -0.3 is 16.2 Å². The molecule has 4 N–H and O–H groups in total. The molecule has 1 amide bonds. The number of amides is 1. The highest BCUT2D eigenvalue weighted by Crippen LogP contribution is 2.17. The first kappa shape index (κ1) is 14.5. The van der Waals surface area contributed by atoms with Crippen LogP contribution >= 0.6 is 0 Å². The zero-order valence-corrected chi connectivity index (χ0v) is 11.3. The Kier molecular flexibility index (Phi) is 4.73. The van der Waals surface area contributed by atoms with Gasteiger partial charge in [-0.05, 0) is 31.9 Å². The van der Waals surface area contributed by atoms with Gasteiger partial charge in [0.05, 0.1) is 11.2 Å². The molecule has 1 aromatic rings. The summed E-state index contributed by atoms with van der Waals surface area (Å²) in [6, 6.07) is 5.34. The summed E-state index contributed by atoms with van der Waals surface area (Å²) in [5, 5.41) is 12.7. The van der Waals surface area contributed by atoms with Crippen molar-refractivity contribution < 1.29 is 9.90 Å². The van der Waals surface area contributed by atoms with Crippen molar-refractivity contribution in [1.82, 2.24) is 5.32 Å². The van der Waals surface area contributed by atoms with Crippen LogP contribution in [0.1, 0.15) is 42.6 Å². The van der Waals surface area contributed by atoms with Crippen LogP contribution in [0.2, 0.25) is 0 Å². The van der Waals surface area contributed by atoms with Gasteiger partial charge in [-0.1, -0.05) is 25.5 Å². The van der Waals surface area contributed by atoms with E-state index in [9.17, 15) is 9.90 Å². The van der Waals surface area contributed by atoms with Gasteiger partial charge in [-0.3, -0.25) is 4.79 Å². The number of benzene rings is 1. The van der Waals surface area contributed by atoms with Crippen LogP contribution in [0.15, 0.2) is 18.2 Å². The number of aliphatic hydroxyl groups is 1. The molecule has 0 aliphatic carbocycles. The maximum atomic E-state index is 12.0.